The van der Waals surface area contributed by atoms with Crippen LogP contribution in [0.15, 0.2) is 52.0 Å². The molecule has 2 aromatic rings. The quantitative estimate of drug-likeness (QED) is 0.521. The highest BCUT2D eigenvalue weighted by atomic mass is 79.9. The normalized spacial score (nSPS) is 14.9. The molecule has 8 heteroatoms. The third-order valence-corrected chi connectivity index (χ3v) is 4.67. The van der Waals surface area contributed by atoms with Gasteiger partial charge >= 0.3 is 0 Å². The number of nitrogens with zero attached hydrogens (tertiary/aromatic N) is 2. The first-order valence-corrected chi connectivity index (χ1v) is 9.69. The Morgan fingerprint density at radius 1 is 1.29 bits per heavy atom. The number of carbonyl (C=O) groups excluding carboxylic acids is 1. The average Bonchev–Trinajstić information content (AvgIpc) is 2.69. The molecule has 6 nitrogen and oxygen atoms in total. The monoisotopic (exact) mass is 449 g/mol. The van der Waals surface area contributed by atoms with Crippen LogP contribution in [0.1, 0.15) is 11.1 Å². The van der Waals surface area contributed by atoms with Gasteiger partial charge < -0.3 is 9.47 Å². The molecule has 0 bridgehead atoms. The zero-order valence-corrected chi connectivity index (χ0v) is 16.8. The lowest BCUT2D eigenvalue weighted by Gasteiger charge is -2.25. The molecule has 1 N–H and O–H groups in total. The van der Waals surface area contributed by atoms with E-state index in [0.29, 0.717) is 30.1 Å². The topological polar surface area (TPSA) is 63.2 Å². The standard InChI is InChI=1S/C20H21BrFN3O3/c21-17-5-6-19(28-14-15-3-1-2-4-18(15)22)16(11-17)12-23-24-20(26)13-25-7-9-27-10-8-25/h1-6,11-12H,7-10,13-14H2,(H,24,26)/b23-12+. The number of carbonyl (C=O) groups is 1. The van der Waals surface area contributed by atoms with Gasteiger partial charge in [-0.15, -0.1) is 0 Å². The van der Waals surface area contributed by atoms with E-state index in [2.05, 4.69) is 26.5 Å². The maximum absolute atomic E-state index is 13.8. The van der Waals surface area contributed by atoms with Gasteiger partial charge in [-0.1, -0.05) is 34.1 Å². The SMILES string of the molecule is O=C(CN1CCOCC1)N/N=C/c1cc(Br)ccc1OCc1ccccc1F. The fourth-order valence-electron chi connectivity index (χ4n) is 2.69. The van der Waals surface area contributed by atoms with Crippen LogP contribution in [0.3, 0.4) is 0 Å². The van der Waals surface area contributed by atoms with E-state index in [-0.39, 0.29) is 24.9 Å². The number of benzene rings is 2. The van der Waals surface area contributed by atoms with Crippen LogP contribution in [0, 0.1) is 5.82 Å². The van der Waals surface area contributed by atoms with Crippen molar-refractivity contribution in [1.29, 1.82) is 0 Å². The highest BCUT2D eigenvalue weighted by Crippen LogP contribution is 2.23. The molecule has 0 spiro atoms. The highest BCUT2D eigenvalue weighted by Gasteiger charge is 2.13. The molecule has 1 aliphatic rings. The van der Waals surface area contributed by atoms with Crippen molar-refractivity contribution in [3.63, 3.8) is 0 Å². The summed E-state index contributed by atoms with van der Waals surface area (Å²) in [4.78, 5) is 14.0. The molecule has 0 unspecified atom stereocenters. The number of morpholine rings is 1. The van der Waals surface area contributed by atoms with E-state index < -0.39 is 0 Å². The van der Waals surface area contributed by atoms with Crippen molar-refractivity contribution >= 4 is 28.1 Å². The second-order valence-electron chi connectivity index (χ2n) is 6.24. The van der Waals surface area contributed by atoms with Gasteiger partial charge in [0.15, 0.2) is 0 Å². The predicted octanol–water partition coefficient (Wildman–Crippen LogP) is 2.95. The minimum Gasteiger partial charge on any atom is -0.488 e. The average molecular weight is 450 g/mol. The Hall–Kier alpha value is -2.29. The fourth-order valence-corrected chi connectivity index (χ4v) is 3.07. The molecule has 1 amide bonds. The van der Waals surface area contributed by atoms with Gasteiger partial charge in [0.1, 0.15) is 18.2 Å². The van der Waals surface area contributed by atoms with Gasteiger partial charge in [0.25, 0.3) is 5.91 Å². The molecular formula is C20H21BrFN3O3. The van der Waals surface area contributed by atoms with Crippen molar-refractivity contribution in [1.82, 2.24) is 10.3 Å². The highest BCUT2D eigenvalue weighted by molar-refractivity contribution is 9.10. The Morgan fingerprint density at radius 2 is 2.07 bits per heavy atom. The number of rotatable bonds is 7. The summed E-state index contributed by atoms with van der Waals surface area (Å²) in [6.07, 6.45) is 1.51. The number of nitrogens with one attached hydrogen (secondary N) is 1. The summed E-state index contributed by atoms with van der Waals surface area (Å²) in [5.74, 6) is 0.0322. The minimum absolute atomic E-state index is 0.0958. The first-order chi connectivity index (χ1) is 13.6. The van der Waals surface area contributed by atoms with Crippen molar-refractivity contribution in [3.05, 3.63) is 63.9 Å². The van der Waals surface area contributed by atoms with Gasteiger partial charge in [0.05, 0.1) is 26.0 Å². The van der Waals surface area contributed by atoms with E-state index in [1.165, 1.54) is 12.3 Å². The van der Waals surface area contributed by atoms with Crippen molar-refractivity contribution in [2.45, 2.75) is 6.61 Å². The summed E-state index contributed by atoms with van der Waals surface area (Å²) in [6.45, 7) is 3.11. The predicted molar refractivity (Wildman–Crippen MR) is 108 cm³/mol. The van der Waals surface area contributed by atoms with Gasteiger partial charge in [-0.2, -0.15) is 5.10 Å². The van der Waals surface area contributed by atoms with Crippen LogP contribution in [0.2, 0.25) is 0 Å². The third kappa shape index (κ3) is 6.12. The molecule has 1 fully saturated rings. The second kappa shape index (κ2) is 10.3. The van der Waals surface area contributed by atoms with Gasteiger partial charge in [-0.25, -0.2) is 9.82 Å². The van der Waals surface area contributed by atoms with Crippen molar-refractivity contribution in [3.8, 4) is 5.75 Å². The number of hydrogen-bond donors (Lipinski definition) is 1. The molecule has 148 valence electrons. The van der Waals surface area contributed by atoms with Gasteiger partial charge in [0, 0.05) is 28.7 Å². The van der Waals surface area contributed by atoms with Gasteiger partial charge in [-0.3, -0.25) is 9.69 Å². The molecule has 0 radical (unpaired) electrons. The second-order valence-corrected chi connectivity index (χ2v) is 7.16. The molecule has 28 heavy (non-hydrogen) atoms. The number of halogens is 2. The zero-order chi connectivity index (χ0) is 19.8. The summed E-state index contributed by atoms with van der Waals surface area (Å²) in [5, 5.41) is 4.02. The first-order valence-electron chi connectivity index (χ1n) is 8.89. The van der Waals surface area contributed by atoms with E-state index in [4.69, 9.17) is 9.47 Å². The largest absolute Gasteiger partial charge is 0.488 e. The summed E-state index contributed by atoms with van der Waals surface area (Å²) < 4.78 is 25.6. The lowest BCUT2D eigenvalue weighted by Crippen LogP contribution is -2.42. The molecule has 0 aromatic heterocycles. The molecule has 3 rings (SSSR count). The molecule has 2 aromatic carbocycles. The van der Waals surface area contributed by atoms with E-state index in [1.807, 2.05) is 17.0 Å². The fraction of sp³-hybridized carbons (Fsp3) is 0.300. The van der Waals surface area contributed by atoms with Crippen LogP contribution in [0.25, 0.3) is 0 Å². The van der Waals surface area contributed by atoms with Crippen LogP contribution < -0.4 is 10.2 Å². The Labute approximate surface area is 171 Å². The molecule has 1 saturated heterocycles. The van der Waals surface area contributed by atoms with Gasteiger partial charge in [-0.05, 0) is 24.3 Å². The molecule has 0 saturated carbocycles. The number of hydrogen-bond acceptors (Lipinski definition) is 5. The van der Waals surface area contributed by atoms with Crippen molar-refractivity contribution in [2.24, 2.45) is 5.10 Å². The van der Waals surface area contributed by atoms with Crippen LogP contribution >= 0.6 is 15.9 Å². The van der Waals surface area contributed by atoms with Crippen molar-refractivity contribution < 1.29 is 18.7 Å². The van der Waals surface area contributed by atoms with Crippen LogP contribution in [0.5, 0.6) is 5.75 Å². The Balaban J connectivity index is 1.59. The summed E-state index contributed by atoms with van der Waals surface area (Å²) in [6, 6.07) is 11.9. The minimum atomic E-state index is -0.315. The van der Waals surface area contributed by atoms with E-state index in [9.17, 15) is 9.18 Å². The Bertz CT molecular complexity index is 841. The summed E-state index contributed by atoms with van der Waals surface area (Å²) >= 11 is 3.41. The first kappa shape index (κ1) is 20.4. The number of amides is 1. The van der Waals surface area contributed by atoms with Crippen LogP contribution in [0.4, 0.5) is 4.39 Å². The number of ether oxygens (including phenoxy) is 2. The summed E-state index contributed by atoms with van der Waals surface area (Å²) in [7, 11) is 0. The van der Waals surface area contributed by atoms with E-state index in [0.717, 1.165) is 17.6 Å². The lowest BCUT2D eigenvalue weighted by molar-refractivity contribution is -0.123. The van der Waals surface area contributed by atoms with Crippen LogP contribution in [-0.2, 0) is 16.1 Å². The van der Waals surface area contributed by atoms with E-state index >= 15 is 0 Å². The number of hydrazone groups is 1. The molecule has 0 atom stereocenters. The molecular weight excluding hydrogens is 429 g/mol. The maximum Gasteiger partial charge on any atom is 0.254 e. The smallest absolute Gasteiger partial charge is 0.254 e. The molecule has 0 aliphatic carbocycles. The maximum atomic E-state index is 13.8. The molecule has 1 aliphatic heterocycles. The van der Waals surface area contributed by atoms with Crippen LogP contribution in [-0.4, -0.2) is 49.9 Å². The van der Waals surface area contributed by atoms with Gasteiger partial charge in [0.2, 0.25) is 0 Å². The Kier molecular flexibility index (Phi) is 7.53. The third-order valence-electron chi connectivity index (χ3n) is 4.18. The lowest BCUT2D eigenvalue weighted by atomic mass is 10.2. The zero-order valence-electron chi connectivity index (χ0n) is 15.2. The summed E-state index contributed by atoms with van der Waals surface area (Å²) in [5.41, 5.74) is 3.65. The van der Waals surface area contributed by atoms with Crippen molar-refractivity contribution in [2.75, 3.05) is 32.8 Å². The Morgan fingerprint density at radius 3 is 2.86 bits per heavy atom. The molecule has 1 heterocycles. The van der Waals surface area contributed by atoms with E-state index in [1.54, 1.807) is 24.3 Å².